The highest BCUT2D eigenvalue weighted by atomic mass is 32.2. The standard InChI is InChI=1S/C16H20NS2/c1-12(13-8-4-3-5-9-13)17(2)15-11-7-6-10-14(15)16(18)19-17/h3-5,8-9,12H,6-7,10-11H2,1-2H3/q+1/t12-,17-/m0/s1. The molecule has 1 aromatic carbocycles. The summed E-state index contributed by atoms with van der Waals surface area (Å²) in [5.41, 5.74) is 4.47. The van der Waals surface area contributed by atoms with E-state index in [0.29, 0.717) is 6.04 Å². The first-order valence-electron chi connectivity index (χ1n) is 7.00. The lowest BCUT2D eigenvalue weighted by Crippen LogP contribution is -2.36. The van der Waals surface area contributed by atoms with E-state index < -0.39 is 0 Å². The largest absolute Gasteiger partial charge is 0.224 e. The molecule has 1 aliphatic heterocycles. The summed E-state index contributed by atoms with van der Waals surface area (Å²) in [6.45, 7) is 2.33. The minimum absolute atomic E-state index is 0.453. The number of allylic oxidation sites excluding steroid dienone is 1. The van der Waals surface area contributed by atoms with Crippen molar-refractivity contribution in [2.24, 2.45) is 0 Å². The molecular formula is C16H20NS2+. The quantitative estimate of drug-likeness (QED) is 0.426. The zero-order valence-corrected chi connectivity index (χ0v) is 13.2. The molecule has 19 heavy (non-hydrogen) atoms. The average molecular weight is 290 g/mol. The lowest BCUT2D eigenvalue weighted by molar-refractivity contribution is -0.765. The number of quaternary nitrogens is 1. The zero-order valence-electron chi connectivity index (χ0n) is 11.6. The van der Waals surface area contributed by atoms with Crippen LogP contribution in [0.25, 0.3) is 0 Å². The van der Waals surface area contributed by atoms with Crippen LogP contribution in [0.2, 0.25) is 0 Å². The Balaban J connectivity index is 2.00. The van der Waals surface area contributed by atoms with Crippen LogP contribution in [0.3, 0.4) is 0 Å². The van der Waals surface area contributed by atoms with Crippen LogP contribution in [-0.4, -0.2) is 15.1 Å². The van der Waals surface area contributed by atoms with E-state index in [1.54, 1.807) is 5.70 Å². The lowest BCUT2D eigenvalue weighted by Gasteiger charge is -2.36. The van der Waals surface area contributed by atoms with Gasteiger partial charge in [-0.25, -0.2) is 3.89 Å². The van der Waals surface area contributed by atoms with E-state index in [9.17, 15) is 0 Å². The Hall–Kier alpha value is -0.640. The van der Waals surface area contributed by atoms with Gasteiger partial charge in [-0.2, -0.15) is 0 Å². The fourth-order valence-electron chi connectivity index (χ4n) is 3.21. The van der Waals surface area contributed by atoms with Crippen LogP contribution in [0, 0.1) is 0 Å². The van der Waals surface area contributed by atoms with Crippen molar-refractivity contribution in [2.45, 2.75) is 38.6 Å². The van der Waals surface area contributed by atoms with Crippen LogP contribution in [0.4, 0.5) is 0 Å². The summed E-state index contributed by atoms with van der Waals surface area (Å²) in [5, 5.41) is 0. The second kappa shape index (κ2) is 5.04. The third kappa shape index (κ3) is 2.18. The van der Waals surface area contributed by atoms with Gasteiger partial charge in [0.25, 0.3) is 0 Å². The molecule has 1 aromatic rings. The van der Waals surface area contributed by atoms with Gasteiger partial charge >= 0.3 is 0 Å². The number of hydrogen-bond donors (Lipinski definition) is 0. The first kappa shape index (κ1) is 13.3. The topological polar surface area (TPSA) is 0 Å². The molecule has 1 nitrogen and oxygen atoms in total. The van der Waals surface area contributed by atoms with Crippen molar-refractivity contribution in [3.63, 3.8) is 0 Å². The monoisotopic (exact) mass is 290 g/mol. The van der Waals surface area contributed by atoms with E-state index >= 15 is 0 Å². The Morgan fingerprint density at radius 2 is 1.84 bits per heavy atom. The van der Waals surface area contributed by atoms with Gasteiger partial charge < -0.3 is 0 Å². The Bertz CT molecular complexity index is 535. The first-order valence-corrected chi connectivity index (χ1v) is 8.19. The fourth-order valence-corrected chi connectivity index (χ4v) is 5.16. The van der Waals surface area contributed by atoms with Crippen molar-refractivity contribution < 1.29 is 3.89 Å². The van der Waals surface area contributed by atoms with E-state index in [4.69, 9.17) is 12.2 Å². The molecule has 0 spiro atoms. The van der Waals surface area contributed by atoms with Gasteiger partial charge in [-0.05, 0) is 26.2 Å². The van der Waals surface area contributed by atoms with Crippen LogP contribution in [0.15, 0.2) is 41.6 Å². The maximum Gasteiger partial charge on any atom is 0.138 e. The van der Waals surface area contributed by atoms with E-state index in [1.807, 2.05) is 11.9 Å². The minimum Gasteiger partial charge on any atom is -0.224 e. The molecule has 1 aliphatic carbocycles. The Labute approximate surface area is 125 Å². The summed E-state index contributed by atoms with van der Waals surface area (Å²) in [4.78, 5) is 0. The molecule has 0 N–H and O–H groups in total. The van der Waals surface area contributed by atoms with Gasteiger partial charge in [-0.15, -0.1) is 0 Å². The smallest absolute Gasteiger partial charge is 0.138 e. The summed E-state index contributed by atoms with van der Waals surface area (Å²) in [7, 11) is 2.34. The maximum absolute atomic E-state index is 5.62. The number of hydrogen-bond acceptors (Lipinski definition) is 2. The van der Waals surface area contributed by atoms with Gasteiger partial charge in [-0.1, -0.05) is 42.5 Å². The van der Waals surface area contributed by atoms with Gasteiger partial charge in [-0.3, -0.25) is 0 Å². The molecule has 0 saturated carbocycles. The average Bonchev–Trinajstić information content (AvgIpc) is 2.72. The predicted molar refractivity (Wildman–Crippen MR) is 86.7 cm³/mol. The molecule has 0 saturated heterocycles. The van der Waals surface area contributed by atoms with Crippen molar-refractivity contribution in [1.82, 2.24) is 0 Å². The molecule has 3 heteroatoms. The maximum atomic E-state index is 5.62. The van der Waals surface area contributed by atoms with Crippen molar-refractivity contribution >= 4 is 28.4 Å². The third-order valence-electron chi connectivity index (χ3n) is 4.51. The van der Waals surface area contributed by atoms with E-state index in [2.05, 4.69) is 44.3 Å². The molecule has 0 radical (unpaired) electrons. The predicted octanol–water partition coefficient (Wildman–Crippen LogP) is 5.01. The van der Waals surface area contributed by atoms with E-state index in [0.717, 1.165) is 8.08 Å². The summed E-state index contributed by atoms with van der Waals surface area (Å²) < 4.78 is 2.07. The summed E-state index contributed by atoms with van der Waals surface area (Å²) in [5.74, 6) is 0. The molecule has 0 aromatic heterocycles. The highest BCUT2D eigenvalue weighted by Crippen LogP contribution is 2.52. The summed E-state index contributed by atoms with van der Waals surface area (Å²) in [6.07, 6.45) is 5.03. The lowest BCUT2D eigenvalue weighted by atomic mass is 9.95. The molecule has 0 unspecified atom stereocenters. The number of rotatable bonds is 2. The van der Waals surface area contributed by atoms with Gasteiger partial charge in [0.15, 0.2) is 0 Å². The second-order valence-corrected chi connectivity index (χ2v) is 7.60. The van der Waals surface area contributed by atoms with Gasteiger partial charge in [0.1, 0.15) is 27.9 Å². The van der Waals surface area contributed by atoms with Crippen molar-refractivity contribution in [3.05, 3.63) is 47.2 Å². The van der Waals surface area contributed by atoms with Crippen LogP contribution >= 0.6 is 24.2 Å². The highest BCUT2D eigenvalue weighted by molar-refractivity contribution is 8.20. The molecular weight excluding hydrogens is 270 g/mol. The summed E-state index contributed by atoms with van der Waals surface area (Å²) >= 11 is 7.50. The van der Waals surface area contributed by atoms with Gasteiger partial charge in [0.2, 0.25) is 0 Å². The first-order chi connectivity index (χ1) is 9.13. The molecule has 1 heterocycles. The Morgan fingerprint density at radius 1 is 1.16 bits per heavy atom. The molecule has 0 amide bonds. The molecule has 0 bridgehead atoms. The number of nitrogens with zero attached hydrogens (tertiary/aromatic N) is 1. The van der Waals surface area contributed by atoms with Crippen LogP contribution < -0.4 is 0 Å². The molecule has 2 aliphatic rings. The third-order valence-corrected chi connectivity index (χ3v) is 6.31. The van der Waals surface area contributed by atoms with Crippen LogP contribution in [-0.2, 0) is 0 Å². The van der Waals surface area contributed by atoms with Gasteiger partial charge in [0, 0.05) is 17.6 Å². The zero-order chi connectivity index (χ0) is 13.5. The molecule has 100 valence electrons. The molecule has 2 atom stereocenters. The number of thiocarbonyl (C=S) groups is 1. The van der Waals surface area contributed by atoms with Gasteiger partial charge in [0.05, 0.1) is 7.05 Å². The van der Waals surface area contributed by atoms with E-state index in [1.165, 1.54) is 36.8 Å². The van der Waals surface area contributed by atoms with Crippen LogP contribution in [0.1, 0.15) is 44.2 Å². The highest BCUT2D eigenvalue weighted by Gasteiger charge is 2.47. The fraction of sp³-hybridized carbons (Fsp3) is 0.438. The molecule has 3 rings (SSSR count). The van der Waals surface area contributed by atoms with Crippen molar-refractivity contribution in [2.75, 3.05) is 7.05 Å². The minimum atomic E-state index is 0.453. The second-order valence-electron chi connectivity index (χ2n) is 5.59. The van der Waals surface area contributed by atoms with Crippen molar-refractivity contribution in [3.8, 4) is 0 Å². The van der Waals surface area contributed by atoms with Crippen molar-refractivity contribution in [1.29, 1.82) is 0 Å². The molecule has 0 fully saturated rings. The van der Waals surface area contributed by atoms with E-state index in [-0.39, 0.29) is 0 Å². The Kier molecular flexibility index (Phi) is 3.54. The normalized spacial score (nSPS) is 28.4. The Morgan fingerprint density at radius 3 is 2.58 bits per heavy atom. The SMILES string of the molecule is C[C@@H](c1ccccc1)[N@+]1(C)SC(=S)C2=C1CCCC2. The number of benzene rings is 1. The van der Waals surface area contributed by atoms with Crippen LogP contribution in [0.5, 0.6) is 0 Å². The summed E-state index contributed by atoms with van der Waals surface area (Å²) in [6, 6.07) is 11.3.